The van der Waals surface area contributed by atoms with Crippen LogP contribution in [0.25, 0.3) is 16.7 Å². The SMILES string of the molecule is CCOc1ccc(N2C(=O)C(=O)/C(=C(\O)c3c[nH]c4ccccc34)C2c2ccc(C(C)C)cc2)cc1. The van der Waals surface area contributed by atoms with Crippen molar-refractivity contribution in [2.75, 3.05) is 11.5 Å². The number of amides is 1. The number of H-pyrrole nitrogens is 1. The zero-order chi connectivity index (χ0) is 25.4. The van der Waals surface area contributed by atoms with Crippen molar-refractivity contribution in [1.29, 1.82) is 0 Å². The number of rotatable bonds is 6. The molecule has 1 aliphatic heterocycles. The molecule has 5 rings (SSSR count). The lowest BCUT2D eigenvalue weighted by Crippen LogP contribution is -2.29. The third-order valence-corrected chi connectivity index (χ3v) is 6.63. The molecule has 6 heteroatoms. The van der Waals surface area contributed by atoms with E-state index in [-0.39, 0.29) is 11.3 Å². The molecule has 1 saturated heterocycles. The van der Waals surface area contributed by atoms with Gasteiger partial charge < -0.3 is 14.8 Å². The average Bonchev–Trinajstić information content (AvgIpc) is 3.43. The quantitative estimate of drug-likeness (QED) is 0.192. The summed E-state index contributed by atoms with van der Waals surface area (Å²) < 4.78 is 5.54. The number of carbonyl (C=O) groups is 2. The minimum absolute atomic E-state index is 0.0657. The lowest BCUT2D eigenvalue weighted by molar-refractivity contribution is -0.132. The number of Topliss-reactive ketones (excluding diaryl/α,β-unsaturated/α-hetero) is 1. The van der Waals surface area contributed by atoms with Crippen LogP contribution < -0.4 is 9.64 Å². The Labute approximate surface area is 209 Å². The number of hydrogen-bond donors (Lipinski definition) is 2. The molecule has 2 heterocycles. The molecule has 1 atom stereocenters. The van der Waals surface area contributed by atoms with Gasteiger partial charge in [-0.2, -0.15) is 0 Å². The third-order valence-electron chi connectivity index (χ3n) is 6.63. The topological polar surface area (TPSA) is 82.6 Å². The summed E-state index contributed by atoms with van der Waals surface area (Å²) in [6.45, 7) is 6.64. The Bertz CT molecular complexity index is 1460. The number of aromatic nitrogens is 1. The first-order valence-electron chi connectivity index (χ1n) is 12.1. The van der Waals surface area contributed by atoms with Crippen LogP contribution in [0.3, 0.4) is 0 Å². The van der Waals surface area contributed by atoms with Crippen molar-refractivity contribution in [2.24, 2.45) is 0 Å². The average molecular weight is 481 g/mol. The largest absolute Gasteiger partial charge is 0.507 e. The van der Waals surface area contributed by atoms with Crippen LogP contribution in [-0.2, 0) is 9.59 Å². The molecule has 0 saturated carbocycles. The monoisotopic (exact) mass is 480 g/mol. The highest BCUT2D eigenvalue weighted by molar-refractivity contribution is 6.51. The second-order valence-electron chi connectivity index (χ2n) is 9.17. The molecule has 1 amide bonds. The highest BCUT2D eigenvalue weighted by Gasteiger charge is 2.47. The predicted octanol–water partition coefficient (Wildman–Crippen LogP) is 6.32. The van der Waals surface area contributed by atoms with E-state index in [1.54, 1.807) is 30.5 Å². The van der Waals surface area contributed by atoms with Crippen LogP contribution in [-0.4, -0.2) is 28.4 Å². The maximum absolute atomic E-state index is 13.4. The van der Waals surface area contributed by atoms with Gasteiger partial charge in [0.2, 0.25) is 0 Å². The summed E-state index contributed by atoms with van der Waals surface area (Å²) in [6, 6.07) is 21.7. The van der Waals surface area contributed by atoms with Gasteiger partial charge in [-0.15, -0.1) is 0 Å². The molecule has 182 valence electrons. The van der Waals surface area contributed by atoms with Gasteiger partial charge in [0, 0.05) is 28.4 Å². The zero-order valence-electron chi connectivity index (χ0n) is 20.5. The first-order chi connectivity index (χ1) is 17.4. The maximum atomic E-state index is 13.4. The number of anilines is 1. The number of benzene rings is 3. The minimum atomic E-state index is -0.780. The maximum Gasteiger partial charge on any atom is 0.300 e. The number of aliphatic hydroxyl groups excluding tert-OH is 1. The second kappa shape index (κ2) is 9.38. The third kappa shape index (κ3) is 3.94. The van der Waals surface area contributed by atoms with Crippen molar-refractivity contribution in [3.8, 4) is 5.75 Å². The van der Waals surface area contributed by atoms with Crippen molar-refractivity contribution < 1.29 is 19.4 Å². The summed E-state index contributed by atoms with van der Waals surface area (Å²) in [5.41, 5.74) is 3.83. The van der Waals surface area contributed by atoms with Crippen LogP contribution in [0.1, 0.15) is 49.4 Å². The number of para-hydroxylation sites is 1. The van der Waals surface area contributed by atoms with E-state index in [0.717, 1.165) is 22.0 Å². The Balaban J connectivity index is 1.69. The second-order valence-corrected chi connectivity index (χ2v) is 9.17. The standard InChI is InChI=1S/C30H28N2O4/c1-4-36-22-15-13-21(14-16-22)32-27(20-11-9-19(10-12-20)18(2)3)26(29(34)30(32)35)28(33)24-17-31-25-8-6-5-7-23(24)25/h5-18,27,31,33H,4H2,1-3H3/b28-26-. The fraction of sp³-hybridized carbons (Fsp3) is 0.200. The minimum Gasteiger partial charge on any atom is -0.507 e. The van der Waals surface area contributed by atoms with E-state index in [2.05, 4.69) is 18.8 Å². The van der Waals surface area contributed by atoms with Crippen molar-refractivity contribution in [3.05, 3.63) is 101 Å². The van der Waals surface area contributed by atoms with E-state index >= 15 is 0 Å². The first-order valence-corrected chi connectivity index (χ1v) is 12.1. The lowest BCUT2D eigenvalue weighted by atomic mass is 9.93. The normalized spacial score (nSPS) is 17.3. The van der Waals surface area contributed by atoms with Crippen LogP contribution in [0.4, 0.5) is 5.69 Å². The summed E-state index contributed by atoms with van der Waals surface area (Å²) in [5, 5.41) is 12.3. The molecule has 0 radical (unpaired) electrons. The fourth-order valence-corrected chi connectivity index (χ4v) is 4.76. The molecule has 36 heavy (non-hydrogen) atoms. The number of fused-ring (bicyclic) bond motifs is 1. The number of nitrogens with zero attached hydrogens (tertiary/aromatic N) is 1. The molecule has 1 fully saturated rings. The van der Waals surface area contributed by atoms with Crippen molar-refractivity contribution in [3.63, 3.8) is 0 Å². The van der Waals surface area contributed by atoms with Gasteiger partial charge in [0.05, 0.1) is 18.2 Å². The van der Waals surface area contributed by atoms with E-state index < -0.39 is 17.7 Å². The van der Waals surface area contributed by atoms with Gasteiger partial charge in [-0.05, 0) is 54.3 Å². The summed E-state index contributed by atoms with van der Waals surface area (Å²) >= 11 is 0. The van der Waals surface area contributed by atoms with Gasteiger partial charge in [0.15, 0.2) is 0 Å². The van der Waals surface area contributed by atoms with Crippen LogP contribution in [0.15, 0.2) is 84.6 Å². The summed E-state index contributed by atoms with van der Waals surface area (Å²) in [7, 11) is 0. The van der Waals surface area contributed by atoms with Crippen LogP contribution in [0.5, 0.6) is 5.75 Å². The molecule has 0 spiro atoms. The molecule has 1 aliphatic rings. The van der Waals surface area contributed by atoms with Crippen molar-refractivity contribution >= 4 is 34.0 Å². The number of nitrogens with one attached hydrogen (secondary N) is 1. The molecule has 0 bridgehead atoms. The van der Waals surface area contributed by atoms with Crippen LogP contribution in [0.2, 0.25) is 0 Å². The first kappa shape index (κ1) is 23.4. The summed E-state index contributed by atoms with van der Waals surface area (Å²) in [6.07, 6.45) is 1.67. The van der Waals surface area contributed by atoms with Gasteiger partial charge in [-0.3, -0.25) is 14.5 Å². The zero-order valence-corrected chi connectivity index (χ0v) is 20.5. The Morgan fingerprint density at radius 1 is 1.00 bits per heavy atom. The van der Waals surface area contributed by atoms with E-state index in [0.29, 0.717) is 29.5 Å². The number of ketones is 1. The van der Waals surface area contributed by atoms with E-state index in [9.17, 15) is 14.7 Å². The van der Waals surface area contributed by atoms with Gasteiger partial charge >= 0.3 is 0 Å². The number of aliphatic hydroxyl groups is 1. The number of aromatic amines is 1. The molecular weight excluding hydrogens is 452 g/mol. The number of carbonyl (C=O) groups excluding carboxylic acids is 2. The number of hydrogen-bond acceptors (Lipinski definition) is 4. The molecule has 1 aromatic heterocycles. The van der Waals surface area contributed by atoms with Gasteiger partial charge in [0.1, 0.15) is 11.5 Å². The smallest absolute Gasteiger partial charge is 0.300 e. The fourth-order valence-electron chi connectivity index (χ4n) is 4.76. The molecule has 4 aromatic rings. The van der Waals surface area contributed by atoms with Gasteiger partial charge in [-0.1, -0.05) is 56.3 Å². The van der Waals surface area contributed by atoms with Gasteiger partial charge in [0.25, 0.3) is 11.7 Å². The highest BCUT2D eigenvalue weighted by atomic mass is 16.5. The van der Waals surface area contributed by atoms with Crippen molar-refractivity contribution in [1.82, 2.24) is 4.98 Å². The molecule has 0 aliphatic carbocycles. The Hall–Kier alpha value is -4.32. The van der Waals surface area contributed by atoms with E-state index in [1.807, 2.05) is 55.5 Å². The molecule has 2 N–H and O–H groups in total. The molecular formula is C30H28N2O4. The molecule has 3 aromatic carbocycles. The van der Waals surface area contributed by atoms with E-state index in [4.69, 9.17) is 4.74 Å². The van der Waals surface area contributed by atoms with Gasteiger partial charge in [-0.25, -0.2) is 0 Å². The Morgan fingerprint density at radius 3 is 2.36 bits per heavy atom. The van der Waals surface area contributed by atoms with Crippen LogP contribution >= 0.6 is 0 Å². The molecule has 1 unspecified atom stereocenters. The molecule has 6 nitrogen and oxygen atoms in total. The highest BCUT2D eigenvalue weighted by Crippen LogP contribution is 2.43. The Kier molecular flexibility index (Phi) is 6.10. The lowest BCUT2D eigenvalue weighted by Gasteiger charge is -2.26. The van der Waals surface area contributed by atoms with Crippen molar-refractivity contribution in [2.45, 2.75) is 32.7 Å². The van der Waals surface area contributed by atoms with E-state index in [1.165, 1.54) is 4.90 Å². The summed E-state index contributed by atoms with van der Waals surface area (Å²) in [4.78, 5) is 31.5. The predicted molar refractivity (Wildman–Crippen MR) is 141 cm³/mol. The summed E-state index contributed by atoms with van der Waals surface area (Å²) in [5.74, 6) is -0.586. The Morgan fingerprint density at radius 2 is 1.69 bits per heavy atom. The van der Waals surface area contributed by atoms with Crippen LogP contribution in [0, 0.1) is 0 Å². The number of ether oxygens (including phenoxy) is 1.